The Bertz CT molecular complexity index is 239. The number of amides is 1. The van der Waals surface area contributed by atoms with Crippen molar-refractivity contribution in [2.75, 3.05) is 6.54 Å². The van der Waals surface area contributed by atoms with Crippen LogP contribution >= 0.6 is 0 Å². The highest BCUT2D eigenvalue weighted by atomic mass is 16.7. The zero-order chi connectivity index (χ0) is 10.1. The van der Waals surface area contributed by atoms with E-state index in [0.29, 0.717) is 6.42 Å². The van der Waals surface area contributed by atoms with Crippen molar-refractivity contribution >= 4 is 11.7 Å². The highest BCUT2D eigenvalue weighted by molar-refractivity contribution is 5.85. The zero-order valence-electron chi connectivity index (χ0n) is 8.29. The molecular weight excluding hydrogens is 170 g/mol. The first kappa shape index (κ1) is 10.2. The summed E-state index contributed by atoms with van der Waals surface area (Å²) in [4.78, 5) is 27.5. The summed E-state index contributed by atoms with van der Waals surface area (Å²) in [5, 5.41) is 1.17. The number of rotatable bonds is 3. The topological polar surface area (TPSA) is 46.6 Å². The normalized spacial score (nSPS) is 28.2. The lowest BCUT2D eigenvalue weighted by Crippen LogP contribution is -2.31. The Balaban J connectivity index is 2.61. The Hall–Kier alpha value is -0.900. The molecule has 74 valence electrons. The maximum absolute atomic E-state index is 11.3. The fourth-order valence-electron chi connectivity index (χ4n) is 1.27. The van der Waals surface area contributed by atoms with Crippen molar-refractivity contribution < 1.29 is 14.4 Å². The predicted molar refractivity (Wildman–Crippen MR) is 46.8 cm³/mol. The Morgan fingerprint density at radius 3 is 2.69 bits per heavy atom. The number of hydrogen-bond acceptors (Lipinski definition) is 3. The maximum atomic E-state index is 11.3. The molecule has 4 heteroatoms. The lowest BCUT2D eigenvalue weighted by Gasteiger charge is -2.21. The van der Waals surface area contributed by atoms with Gasteiger partial charge in [0.2, 0.25) is 5.91 Å². The van der Waals surface area contributed by atoms with Gasteiger partial charge in [0.25, 0.3) is 0 Å². The van der Waals surface area contributed by atoms with Crippen LogP contribution in [-0.2, 0) is 14.4 Å². The van der Waals surface area contributed by atoms with Crippen LogP contribution in [0, 0.1) is 0 Å². The first-order valence-electron chi connectivity index (χ1n) is 4.46. The summed E-state index contributed by atoms with van der Waals surface area (Å²) < 4.78 is 0. The molecule has 1 amide bonds. The third-order valence-electron chi connectivity index (χ3n) is 2.25. The minimum Gasteiger partial charge on any atom is -0.298 e. The van der Waals surface area contributed by atoms with Crippen molar-refractivity contribution in [2.24, 2.45) is 0 Å². The summed E-state index contributed by atoms with van der Waals surface area (Å²) in [6.07, 6.45) is 1.14. The standard InChI is InChI=1S/C9H15NO3/c1-4-9(3)5-8(12)10(13-9)6-7(2)11/h4-6H2,1-3H3. The molecule has 0 aromatic heterocycles. The molecule has 4 nitrogen and oxygen atoms in total. The van der Waals surface area contributed by atoms with E-state index in [4.69, 9.17) is 4.84 Å². The first-order chi connectivity index (χ1) is 5.97. The number of carbonyl (C=O) groups excluding carboxylic acids is 2. The van der Waals surface area contributed by atoms with Crippen LogP contribution in [0.3, 0.4) is 0 Å². The smallest absolute Gasteiger partial charge is 0.249 e. The van der Waals surface area contributed by atoms with E-state index in [9.17, 15) is 9.59 Å². The fourth-order valence-corrected chi connectivity index (χ4v) is 1.27. The Labute approximate surface area is 77.8 Å². The van der Waals surface area contributed by atoms with Gasteiger partial charge in [0, 0.05) is 0 Å². The quantitative estimate of drug-likeness (QED) is 0.656. The number of ketones is 1. The van der Waals surface area contributed by atoms with E-state index in [1.165, 1.54) is 12.0 Å². The van der Waals surface area contributed by atoms with Gasteiger partial charge in [0.1, 0.15) is 12.1 Å². The van der Waals surface area contributed by atoms with Crippen LogP contribution in [0.15, 0.2) is 0 Å². The van der Waals surface area contributed by atoms with Crippen LogP contribution in [0.5, 0.6) is 0 Å². The first-order valence-corrected chi connectivity index (χ1v) is 4.46. The lowest BCUT2D eigenvalue weighted by molar-refractivity contribution is -0.195. The van der Waals surface area contributed by atoms with Gasteiger partial charge < -0.3 is 0 Å². The van der Waals surface area contributed by atoms with E-state index >= 15 is 0 Å². The molecule has 0 aromatic carbocycles. The highest BCUT2D eigenvalue weighted by Gasteiger charge is 2.40. The number of Topliss-reactive ketones (excluding diaryl/α,β-unsaturated/α-hetero) is 1. The van der Waals surface area contributed by atoms with Crippen LogP contribution < -0.4 is 0 Å². The van der Waals surface area contributed by atoms with Gasteiger partial charge in [0.05, 0.1) is 6.42 Å². The van der Waals surface area contributed by atoms with Gasteiger partial charge in [-0.2, -0.15) is 0 Å². The van der Waals surface area contributed by atoms with Crippen molar-refractivity contribution in [3.8, 4) is 0 Å². The Kier molecular flexibility index (Phi) is 2.71. The molecule has 1 rings (SSSR count). The Morgan fingerprint density at radius 1 is 1.69 bits per heavy atom. The second kappa shape index (κ2) is 3.46. The van der Waals surface area contributed by atoms with Gasteiger partial charge in [-0.15, -0.1) is 0 Å². The SMILES string of the molecule is CCC1(C)CC(=O)N(CC(C)=O)O1. The largest absolute Gasteiger partial charge is 0.298 e. The molecule has 0 bridgehead atoms. The molecule has 1 saturated heterocycles. The third-order valence-corrected chi connectivity index (χ3v) is 2.25. The molecule has 1 aliphatic rings. The number of hydrogen-bond donors (Lipinski definition) is 0. The van der Waals surface area contributed by atoms with Crippen molar-refractivity contribution in [2.45, 2.75) is 39.2 Å². The second-order valence-corrected chi connectivity index (χ2v) is 3.70. The zero-order valence-corrected chi connectivity index (χ0v) is 8.29. The summed E-state index contributed by atoms with van der Waals surface area (Å²) in [6.45, 7) is 5.35. The molecular formula is C9H15NO3. The minimum absolute atomic E-state index is 0.0614. The van der Waals surface area contributed by atoms with Crippen molar-refractivity contribution in [1.29, 1.82) is 0 Å². The number of carbonyl (C=O) groups is 2. The second-order valence-electron chi connectivity index (χ2n) is 3.70. The van der Waals surface area contributed by atoms with Gasteiger partial charge in [0.15, 0.2) is 5.78 Å². The maximum Gasteiger partial charge on any atom is 0.249 e. The molecule has 0 aliphatic carbocycles. The average Bonchev–Trinajstić information content (AvgIpc) is 2.27. The van der Waals surface area contributed by atoms with Crippen LogP contribution in [0.4, 0.5) is 0 Å². The summed E-state index contributed by atoms with van der Waals surface area (Å²) in [7, 11) is 0. The molecule has 13 heavy (non-hydrogen) atoms. The van der Waals surface area contributed by atoms with Crippen molar-refractivity contribution in [3.05, 3.63) is 0 Å². The molecule has 1 unspecified atom stereocenters. The summed E-state index contributed by atoms with van der Waals surface area (Å²) in [6, 6.07) is 0. The molecule has 0 spiro atoms. The summed E-state index contributed by atoms with van der Waals surface area (Å²) in [5.74, 6) is -0.159. The predicted octanol–water partition coefficient (Wildman–Crippen LogP) is 0.908. The Morgan fingerprint density at radius 2 is 2.31 bits per heavy atom. The summed E-state index contributed by atoms with van der Waals surface area (Å²) >= 11 is 0. The molecule has 0 radical (unpaired) electrons. The molecule has 0 N–H and O–H groups in total. The summed E-state index contributed by atoms with van der Waals surface area (Å²) in [5.41, 5.74) is -0.410. The van der Waals surface area contributed by atoms with Crippen LogP contribution in [0.1, 0.15) is 33.6 Å². The van der Waals surface area contributed by atoms with Crippen molar-refractivity contribution in [1.82, 2.24) is 5.06 Å². The highest BCUT2D eigenvalue weighted by Crippen LogP contribution is 2.28. The minimum atomic E-state index is -0.410. The molecule has 1 atom stereocenters. The van der Waals surface area contributed by atoms with Crippen LogP contribution in [0.25, 0.3) is 0 Å². The number of hydroxylamine groups is 2. The van der Waals surface area contributed by atoms with Gasteiger partial charge in [-0.25, -0.2) is 5.06 Å². The average molecular weight is 185 g/mol. The number of nitrogens with zero attached hydrogens (tertiary/aromatic N) is 1. The van der Waals surface area contributed by atoms with Gasteiger partial charge in [-0.1, -0.05) is 6.92 Å². The van der Waals surface area contributed by atoms with Gasteiger partial charge in [-0.3, -0.25) is 14.4 Å². The molecule has 1 aliphatic heterocycles. The third kappa shape index (κ3) is 2.28. The van der Waals surface area contributed by atoms with Gasteiger partial charge >= 0.3 is 0 Å². The van der Waals surface area contributed by atoms with E-state index in [-0.39, 0.29) is 18.2 Å². The van der Waals surface area contributed by atoms with E-state index in [2.05, 4.69) is 0 Å². The molecule has 1 heterocycles. The lowest BCUT2D eigenvalue weighted by atomic mass is 10.0. The monoisotopic (exact) mass is 185 g/mol. The van der Waals surface area contributed by atoms with E-state index in [1.54, 1.807) is 0 Å². The van der Waals surface area contributed by atoms with Crippen LogP contribution in [-0.4, -0.2) is 28.9 Å². The molecule has 1 fully saturated rings. The van der Waals surface area contributed by atoms with E-state index < -0.39 is 5.60 Å². The fraction of sp³-hybridized carbons (Fsp3) is 0.778. The van der Waals surface area contributed by atoms with Gasteiger partial charge in [-0.05, 0) is 20.3 Å². The van der Waals surface area contributed by atoms with E-state index in [1.807, 2.05) is 13.8 Å². The van der Waals surface area contributed by atoms with Crippen molar-refractivity contribution in [3.63, 3.8) is 0 Å². The molecule has 0 aromatic rings. The van der Waals surface area contributed by atoms with Crippen LogP contribution in [0.2, 0.25) is 0 Å². The van der Waals surface area contributed by atoms with E-state index in [0.717, 1.165) is 6.42 Å². The molecule has 0 saturated carbocycles.